The SMILES string of the molecule is COc1cc(NC(=O)C2CCCC2N)ccc1Br.Cl. The average molecular weight is 350 g/mol. The summed E-state index contributed by atoms with van der Waals surface area (Å²) in [6.45, 7) is 0. The van der Waals surface area contributed by atoms with Crippen molar-refractivity contribution in [2.24, 2.45) is 11.7 Å². The van der Waals surface area contributed by atoms with Crippen LogP contribution in [-0.4, -0.2) is 19.1 Å². The zero-order valence-corrected chi connectivity index (χ0v) is 13.1. The summed E-state index contributed by atoms with van der Waals surface area (Å²) in [4.78, 5) is 12.1. The molecule has 6 heteroatoms. The van der Waals surface area contributed by atoms with Crippen LogP contribution in [0.25, 0.3) is 0 Å². The highest BCUT2D eigenvalue weighted by Gasteiger charge is 2.30. The van der Waals surface area contributed by atoms with Gasteiger partial charge in [-0.3, -0.25) is 4.79 Å². The molecule has 2 unspecified atom stereocenters. The molecule has 3 N–H and O–H groups in total. The second-order valence-corrected chi connectivity index (χ2v) is 5.39. The van der Waals surface area contributed by atoms with Crippen LogP contribution in [0.5, 0.6) is 5.75 Å². The molecule has 0 aromatic heterocycles. The molecule has 0 aliphatic heterocycles. The molecule has 19 heavy (non-hydrogen) atoms. The maximum atomic E-state index is 12.1. The van der Waals surface area contributed by atoms with Crippen molar-refractivity contribution >= 4 is 39.9 Å². The van der Waals surface area contributed by atoms with E-state index in [-0.39, 0.29) is 30.3 Å². The second-order valence-electron chi connectivity index (χ2n) is 4.54. The Morgan fingerprint density at radius 3 is 2.79 bits per heavy atom. The third kappa shape index (κ3) is 3.84. The summed E-state index contributed by atoms with van der Waals surface area (Å²) >= 11 is 3.37. The van der Waals surface area contributed by atoms with E-state index in [1.54, 1.807) is 13.2 Å². The lowest BCUT2D eigenvalue weighted by Gasteiger charge is -2.15. The van der Waals surface area contributed by atoms with Crippen molar-refractivity contribution < 1.29 is 9.53 Å². The summed E-state index contributed by atoms with van der Waals surface area (Å²) in [6, 6.07) is 5.47. The fourth-order valence-electron chi connectivity index (χ4n) is 2.29. The summed E-state index contributed by atoms with van der Waals surface area (Å²) in [6.07, 6.45) is 2.84. The van der Waals surface area contributed by atoms with Gasteiger partial charge in [-0.15, -0.1) is 12.4 Å². The second kappa shape index (κ2) is 7.12. The van der Waals surface area contributed by atoms with Crippen LogP contribution in [0.1, 0.15) is 19.3 Å². The molecule has 1 aliphatic rings. The summed E-state index contributed by atoms with van der Waals surface area (Å²) in [7, 11) is 1.60. The van der Waals surface area contributed by atoms with E-state index in [0.717, 1.165) is 29.4 Å². The number of carbonyl (C=O) groups excluding carboxylic acids is 1. The number of hydrogen-bond donors (Lipinski definition) is 2. The standard InChI is InChI=1S/C13H17BrN2O2.ClH/c1-18-12-7-8(5-6-10(12)14)16-13(17)9-3-2-4-11(9)15;/h5-7,9,11H,2-4,15H2,1H3,(H,16,17);1H. The van der Waals surface area contributed by atoms with Gasteiger partial charge in [0.25, 0.3) is 0 Å². The van der Waals surface area contributed by atoms with Gasteiger partial charge >= 0.3 is 0 Å². The van der Waals surface area contributed by atoms with Crippen molar-refractivity contribution in [2.45, 2.75) is 25.3 Å². The Labute approximate surface area is 127 Å². The van der Waals surface area contributed by atoms with Gasteiger partial charge in [-0.1, -0.05) is 6.42 Å². The lowest BCUT2D eigenvalue weighted by atomic mass is 10.0. The average Bonchev–Trinajstić information content (AvgIpc) is 2.78. The van der Waals surface area contributed by atoms with Crippen molar-refractivity contribution in [1.82, 2.24) is 0 Å². The minimum Gasteiger partial charge on any atom is -0.495 e. The fraction of sp³-hybridized carbons (Fsp3) is 0.462. The number of anilines is 1. The Morgan fingerprint density at radius 1 is 1.47 bits per heavy atom. The zero-order chi connectivity index (χ0) is 13.1. The summed E-state index contributed by atoms with van der Waals surface area (Å²) in [5.74, 6) is 0.632. The molecular weight excluding hydrogens is 332 g/mol. The van der Waals surface area contributed by atoms with E-state index in [1.807, 2.05) is 12.1 Å². The van der Waals surface area contributed by atoms with Crippen molar-refractivity contribution in [3.8, 4) is 5.75 Å². The van der Waals surface area contributed by atoms with E-state index in [2.05, 4.69) is 21.2 Å². The predicted octanol–water partition coefficient (Wildman–Crippen LogP) is 2.95. The highest BCUT2D eigenvalue weighted by molar-refractivity contribution is 9.10. The molecule has 1 amide bonds. The molecule has 0 radical (unpaired) electrons. The monoisotopic (exact) mass is 348 g/mol. The van der Waals surface area contributed by atoms with Crippen LogP contribution in [0.4, 0.5) is 5.69 Å². The summed E-state index contributed by atoms with van der Waals surface area (Å²) in [5, 5.41) is 2.90. The molecular formula is C13H18BrClN2O2. The number of halogens is 2. The lowest BCUT2D eigenvalue weighted by molar-refractivity contribution is -0.120. The Kier molecular flexibility index (Phi) is 6.10. The van der Waals surface area contributed by atoms with Gasteiger partial charge in [0.15, 0.2) is 0 Å². The smallest absolute Gasteiger partial charge is 0.229 e. The van der Waals surface area contributed by atoms with E-state index in [0.29, 0.717) is 5.75 Å². The molecule has 2 atom stereocenters. The van der Waals surface area contributed by atoms with Gasteiger partial charge in [0.1, 0.15) is 5.75 Å². The molecule has 1 aromatic carbocycles. The molecule has 1 fully saturated rings. The molecule has 1 saturated carbocycles. The highest BCUT2D eigenvalue weighted by atomic mass is 79.9. The van der Waals surface area contributed by atoms with Gasteiger partial charge in [0.2, 0.25) is 5.91 Å². The third-order valence-corrected chi connectivity index (χ3v) is 3.98. The van der Waals surface area contributed by atoms with Crippen LogP contribution in [0.15, 0.2) is 22.7 Å². The van der Waals surface area contributed by atoms with Crippen molar-refractivity contribution in [1.29, 1.82) is 0 Å². The third-order valence-electron chi connectivity index (χ3n) is 3.32. The van der Waals surface area contributed by atoms with Gasteiger partial charge in [0, 0.05) is 17.8 Å². The first-order valence-electron chi connectivity index (χ1n) is 6.02. The number of nitrogens with two attached hydrogens (primary N) is 1. The number of methoxy groups -OCH3 is 1. The van der Waals surface area contributed by atoms with E-state index >= 15 is 0 Å². The molecule has 0 saturated heterocycles. The Hall–Kier alpha value is -0.780. The number of ether oxygens (including phenoxy) is 1. The molecule has 0 heterocycles. The molecule has 0 bridgehead atoms. The largest absolute Gasteiger partial charge is 0.495 e. The molecule has 1 aliphatic carbocycles. The van der Waals surface area contributed by atoms with E-state index < -0.39 is 0 Å². The molecule has 106 valence electrons. The highest BCUT2D eigenvalue weighted by Crippen LogP contribution is 2.29. The first kappa shape index (κ1) is 16.3. The van der Waals surface area contributed by atoms with Crippen LogP contribution >= 0.6 is 28.3 Å². The molecule has 2 rings (SSSR count). The minimum absolute atomic E-state index is 0. The number of benzene rings is 1. The maximum Gasteiger partial charge on any atom is 0.229 e. The Balaban J connectivity index is 0.00000180. The first-order chi connectivity index (χ1) is 8.61. The van der Waals surface area contributed by atoms with E-state index in [9.17, 15) is 4.79 Å². The van der Waals surface area contributed by atoms with Crippen molar-refractivity contribution in [3.05, 3.63) is 22.7 Å². The quantitative estimate of drug-likeness (QED) is 0.882. The van der Waals surface area contributed by atoms with Crippen molar-refractivity contribution in [2.75, 3.05) is 12.4 Å². The maximum absolute atomic E-state index is 12.1. The van der Waals surface area contributed by atoms with Crippen LogP contribution < -0.4 is 15.8 Å². The van der Waals surface area contributed by atoms with Crippen LogP contribution in [0.3, 0.4) is 0 Å². The predicted molar refractivity (Wildman–Crippen MR) is 81.9 cm³/mol. The number of amides is 1. The zero-order valence-electron chi connectivity index (χ0n) is 10.7. The first-order valence-corrected chi connectivity index (χ1v) is 6.81. The van der Waals surface area contributed by atoms with Crippen LogP contribution in [0.2, 0.25) is 0 Å². The van der Waals surface area contributed by atoms with E-state index in [4.69, 9.17) is 10.5 Å². The molecule has 0 spiro atoms. The van der Waals surface area contributed by atoms with Gasteiger partial charge < -0.3 is 15.8 Å². The van der Waals surface area contributed by atoms with Gasteiger partial charge in [-0.2, -0.15) is 0 Å². The molecule has 4 nitrogen and oxygen atoms in total. The van der Waals surface area contributed by atoms with Crippen LogP contribution in [-0.2, 0) is 4.79 Å². The fourth-order valence-corrected chi connectivity index (χ4v) is 2.70. The number of carbonyl (C=O) groups is 1. The summed E-state index contributed by atoms with van der Waals surface area (Å²) in [5.41, 5.74) is 6.66. The Bertz CT molecular complexity index is 456. The molecule has 1 aromatic rings. The van der Waals surface area contributed by atoms with Crippen LogP contribution in [0, 0.1) is 5.92 Å². The van der Waals surface area contributed by atoms with Gasteiger partial charge in [-0.05, 0) is 40.9 Å². The van der Waals surface area contributed by atoms with Gasteiger partial charge in [0.05, 0.1) is 17.5 Å². The van der Waals surface area contributed by atoms with E-state index in [1.165, 1.54) is 0 Å². The normalized spacial score (nSPS) is 21.6. The topological polar surface area (TPSA) is 64.3 Å². The van der Waals surface area contributed by atoms with Gasteiger partial charge in [-0.25, -0.2) is 0 Å². The van der Waals surface area contributed by atoms with Crippen molar-refractivity contribution in [3.63, 3.8) is 0 Å². The Morgan fingerprint density at radius 2 is 2.21 bits per heavy atom. The number of hydrogen-bond acceptors (Lipinski definition) is 3. The lowest BCUT2D eigenvalue weighted by Crippen LogP contribution is -2.34. The minimum atomic E-state index is -0.0698. The number of rotatable bonds is 3. The number of nitrogens with one attached hydrogen (secondary N) is 1. The summed E-state index contributed by atoms with van der Waals surface area (Å²) < 4.78 is 6.05.